The number of aromatic nitrogens is 2. The Balaban J connectivity index is 2.06. The average molecular weight is 629 g/mol. The number of alkyl halides is 6. The van der Waals surface area contributed by atoms with Gasteiger partial charge in [0.05, 0.1) is 29.8 Å². The Morgan fingerprint density at radius 3 is 2.29 bits per heavy atom. The van der Waals surface area contributed by atoms with E-state index in [1.807, 2.05) is 0 Å². The lowest BCUT2D eigenvalue weighted by Crippen LogP contribution is -2.36. The Morgan fingerprint density at radius 1 is 0.952 bits per heavy atom. The molecule has 0 saturated heterocycles. The maximum absolute atomic E-state index is 12.9. The molecule has 0 aliphatic carbocycles. The van der Waals surface area contributed by atoms with Crippen LogP contribution in [0.2, 0.25) is 0 Å². The second-order valence-corrected chi connectivity index (χ2v) is 10.00. The Morgan fingerprint density at radius 2 is 1.67 bits per heavy atom. The van der Waals surface area contributed by atoms with Crippen LogP contribution in [0.4, 0.5) is 37.8 Å². The number of benzene rings is 2. The SMILES string of the molecule is COCCOc1cc2ncnc(Nc3cc(S(=O)(=O)N(C)OC(=O)C(F)(F)F)ccc3OCC(F)(F)F)c2cc1OC. The highest BCUT2D eigenvalue weighted by molar-refractivity contribution is 7.89. The van der Waals surface area contributed by atoms with E-state index in [0.29, 0.717) is 7.05 Å². The quantitative estimate of drug-likeness (QED) is 0.177. The van der Waals surface area contributed by atoms with Gasteiger partial charge in [0.1, 0.15) is 24.5 Å². The number of hydrogen-bond donors (Lipinski definition) is 1. The number of sulfonamides is 1. The lowest BCUT2D eigenvalue weighted by molar-refractivity contribution is -0.219. The molecule has 1 N–H and O–H groups in total. The first-order valence-electron chi connectivity index (χ1n) is 11.4. The molecular formula is C23H22F6N4O8S. The molecule has 42 heavy (non-hydrogen) atoms. The molecule has 3 aromatic rings. The second kappa shape index (κ2) is 12.8. The van der Waals surface area contributed by atoms with Gasteiger partial charge < -0.3 is 29.1 Å². The van der Waals surface area contributed by atoms with Crippen LogP contribution in [0.1, 0.15) is 0 Å². The van der Waals surface area contributed by atoms with E-state index in [2.05, 4.69) is 20.1 Å². The van der Waals surface area contributed by atoms with Crippen molar-refractivity contribution in [3.63, 3.8) is 0 Å². The summed E-state index contributed by atoms with van der Waals surface area (Å²) < 4.78 is 122. The highest BCUT2D eigenvalue weighted by Gasteiger charge is 2.44. The van der Waals surface area contributed by atoms with Gasteiger partial charge in [0.2, 0.25) is 0 Å². The number of fused-ring (bicyclic) bond motifs is 1. The van der Waals surface area contributed by atoms with Crippen LogP contribution in [0.3, 0.4) is 0 Å². The summed E-state index contributed by atoms with van der Waals surface area (Å²) in [6, 6.07) is 5.26. The van der Waals surface area contributed by atoms with Crippen LogP contribution >= 0.6 is 0 Å². The van der Waals surface area contributed by atoms with Crippen molar-refractivity contribution in [2.24, 2.45) is 0 Å². The van der Waals surface area contributed by atoms with Crippen LogP contribution in [0.25, 0.3) is 10.9 Å². The van der Waals surface area contributed by atoms with E-state index in [1.165, 1.54) is 26.4 Å². The molecule has 1 aromatic heterocycles. The minimum atomic E-state index is -5.50. The summed E-state index contributed by atoms with van der Waals surface area (Å²) in [5, 5.41) is 2.91. The summed E-state index contributed by atoms with van der Waals surface area (Å²) in [7, 11) is -1.60. The summed E-state index contributed by atoms with van der Waals surface area (Å²) in [6.45, 7) is -1.33. The van der Waals surface area contributed by atoms with Crippen LogP contribution in [-0.4, -0.2) is 82.3 Å². The number of hydrogen-bond acceptors (Lipinski definition) is 11. The Bertz CT molecular complexity index is 1540. The third-order valence-electron chi connectivity index (χ3n) is 5.14. The number of ether oxygens (including phenoxy) is 4. The van der Waals surface area contributed by atoms with Gasteiger partial charge in [-0.15, -0.1) is 0 Å². The number of carbonyl (C=O) groups excluding carboxylic acids is 1. The average Bonchev–Trinajstić information content (AvgIpc) is 2.91. The summed E-state index contributed by atoms with van der Waals surface area (Å²) in [4.78, 5) is 22.4. The maximum atomic E-state index is 12.9. The zero-order valence-electron chi connectivity index (χ0n) is 21.9. The van der Waals surface area contributed by atoms with E-state index in [1.54, 1.807) is 0 Å². The molecule has 0 saturated carbocycles. The van der Waals surface area contributed by atoms with Crippen molar-refractivity contribution in [1.82, 2.24) is 14.4 Å². The largest absolute Gasteiger partial charge is 0.493 e. The Kier molecular flexibility index (Phi) is 9.90. The van der Waals surface area contributed by atoms with Crippen molar-refractivity contribution in [3.8, 4) is 17.2 Å². The van der Waals surface area contributed by atoms with E-state index in [-0.39, 0.29) is 45.9 Å². The van der Waals surface area contributed by atoms with Crippen LogP contribution in [-0.2, 0) is 24.4 Å². The molecule has 0 amide bonds. The monoisotopic (exact) mass is 628 g/mol. The molecule has 0 bridgehead atoms. The lowest BCUT2D eigenvalue weighted by atomic mass is 10.2. The number of nitrogens with zero attached hydrogens (tertiary/aromatic N) is 3. The second-order valence-electron chi connectivity index (χ2n) is 8.06. The van der Waals surface area contributed by atoms with Gasteiger partial charge in [-0.2, -0.15) is 26.3 Å². The Labute approximate surface area is 234 Å². The summed E-state index contributed by atoms with van der Waals surface area (Å²) >= 11 is 0. The van der Waals surface area contributed by atoms with Crippen molar-refractivity contribution in [2.45, 2.75) is 17.2 Å². The number of rotatable bonds is 12. The molecule has 1 heterocycles. The van der Waals surface area contributed by atoms with Crippen molar-refractivity contribution in [2.75, 3.05) is 46.4 Å². The number of carbonyl (C=O) groups is 1. The fourth-order valence-electron chi connectivity index (χ4n) is 3.22. The van der Waals surface area contributed by atoms with Crippen molar-refractivity contribution >= 4 is 38.4 Å². The molecule has 0 aliphatic rings. The molecule has 0 spiro atoms. The lowest BCUT2D eigenvalue weighted by Gasteiger charge is -2.19. The maximum Gasteiger partial charge on any atom is 0.492 e. The first-order valence-corrected chi connectivity index (χ1v) is 12.8. The molecule has 3 rings (SSSR count). The third-order valence-corrected chi connectivity index (χ3v) is 6.74. The van der Waals surface area contributed by atoms with Crippen molar-refractivity contribution in [3.05, 3.63) is 36.7 Å². The van der Waals surface area contributed by atoms with Gasteiger partial charge in [-0.05, 0) is 28.7 Å². The van der Waals surface area contributed by atoms with E-state index in [9.17, 15) is 39.6 Å². The van der Waals surface area contributed by atoms with Gasteiger partial charge >= 0.3 is 18.3 Å². The molecular weight excluding hydrogens is 606 g/mol. The van der Waals surface area contributed by atoms with Crippen LogP contribution in [0.5, 0.6) is 17.2 Å². The van der Waals surface area contributed by atoms with E-state index >= 15 is 0 Å². The van der Waals surface area contributed by atoms with Crippen LogP contribution < -0.4 is 19.5 Å². The molecule has 12 nitrogen and oxygen atoms in total. The predicted octanol–water partition coefficient (Wildman–Crippen LogP) is 3.99. The number of halogens is 6. The normalized spacial score (nSPS) is 12.3. The summed E-state index contributed by atoms with van der Waals surface area (Å²) in [6.07, 6.45) is -9.19. The molecule has 2 aromatic carbocycles. The fourth-order valence-corrected chi connectivity index (χ4v) is 4.19. The van der Waals surface area contributed by atoms with Gasteiger partial charge in [-0.1, -0.05) is 0 Å². The Hall–Kier alpha value is -4.10. The zero-order valence-corrected chi connectivity index (χ0v) is 22.7. The predicted molar refractivity (Wildman–Crippen MR) is 132 cm³/mol. The first-order chi connectivity index (χ1) is 19.6. The van der Waals surface area contributed by atoms with Gasteiger partial charge in [0, 0.05) is 25.6 Å². The van der Waals surface area contributed by atoms with Crippen molar-refractivity contribution < 1.29 is 63.3 Å². The smallest absolute Gasteiger partial charge is 0.492 e. The fraction of sp³-hybridized carbons (Fsp3) is 0.348. The number of hydroxylamine groups is 1. The van der Waals surface area contributed by atoms with Crippen LogP contribution in [0.15, 0.2) is 41.6 Å². The molecule has 0 fully saturated rings. The van der Waals surface area contributed by atoms with Gasteiger partial charge in [0.15, 0.2) is 18.1 Å². The highest BCUT2D eigenvalue weighted by Crippen LogP contribution is 2.37. The topological polar surface area (TPSA) is 138 Å². The molecule has 230 valence electrons. The number of anilines is 2. The highest BCUT2D eigenvalue weighted by atomic mass is 32.2. The van der Waals surface area contributed by atoms with Gasteiger partial charge in [-0.3, -0.25) is 0 Å². The summed E-state index contributed by atoms with van der Waals surface area (Å²) in [5.41, 5.74) is -0.115. The number of methoxy groups -OCH3 is 2. The summed E-state index contributed by atoms with van der Waals surface area (Å²) in [5.74, 6) is -2.87. The van der Waals surface area contributed by atoms with E-state index in [0.717, 1.165) is 24.5 Å². The van der Waals surface area contributed by atoms with Crippen molar-refractivity contribution in [1.29, 1.82) is 0 Å². The molecule has 19 heteroatoms. The molecule has 0 radical (unpaired) electrons. The minimum Gasteiger partial charge on any atom is -0.493 e. The van der Waals surface area contributed by atoms with E-state index in [4.69, 9.17) is 18.9 Å². The number of nitrogens with one attached hydrogen (secondary N) is 1. The molecule has 0 aliphatic heterocycles. The van der Waals surface area contributed by atoms with Gasteiger partial charge in [-0.25, -0.2) is 23.2 Å². The minimum absolute atomic E-state index is 0.0509. The first kappa shape index (κ1) is 32.4. The standard InChI is InChI=1S/C23H22F6N4O8S/c1-33(41-21(34)23(27,28)29)42(35,36)13-4-5-17(40-11-22(24,25)26)16(8-13)32-20-14-9-18(38-3)19(39-7-6-37-2)10-15(14)30-12-31-20/h4-5,8-10,12H,6-7,11H2,1-3H3,(H,30,31,32). The zero-order chi connectivity index (χ0) is 31.3. The van der Waals surface area contributed by atoms with E-state index < -0.39 is 51.3 Å². The third kappa shape index (κ3) is 8.01. The van der Waals surface area contributed by atoms with Gasteiger partial charge in [0.25, 0.3) is 10.0 Å². The molecule has 0 atom stereocenters. The van der Waals surface area contributed by atoms with Crippen LogP contribution in [0, 0.1) is 0 Å². The molecule has 0 unspecified atom stereocenters.